The molecule has 3 heterocycles. The van der Waals surface area contributed by atoms with E-state index in [1.807, 2.05) is 0 Å². The van der Waals surface area contributed by atoms with Gasteiger partial charge in [-0.2, -0.15) is 4.98 Å². The Bertz CT molecular complexity index is 1090. The summed E-state index contributed by atoms with van der Waals surface area (Å²) in [5, 5.41) is 0. The average molecular weight is 442 g/mol. The Balaban J connectivity index is 1.61. The molecule has 0 aliphatic heterocycles. The molecule has 1 unspecified atom stereocenters. The molecule has 0 amide bonds. The van der Waals surface area contributed by atoms with Crippen LogP contribution in [0, 0.1) is 5.82 Å². The molecule has 0 radical (unpaired) electrons. The van der Waals surface area contributed by atoms with Gasteiger partial charge in [-0.1, -0.05) is 0 Å². The Labute approximate surface area is 174 Å². The zero-order valence-electron chi connectivity index (χ0n) is 16.5. The summed E-state index contributed by atoms with van der Waals surface area (Å²) in [5.74, 6) is -3.86. The highest BCUT2D eigenvalue weighted by Gasteiger charge is 2.38. The minimum atomic E-state index is -2.76. The van der Waals surface area contributed by atoms with Crippen LogP contribution in [0.4, 0.5) is 22.0 Å². The predicted octanol–water partition coefficient (Wildman–Crippen LogP) is 5.23. The maximum atomic E-state index is 13.8. The van der Waals surface area contributed by atoms with Gasteiger partial charge in [0, 0.05) is 37.9 Å². The van der Waals surface area contributed by atoms with Crippen molar-refractivity contribution in [3.63, 3.8) is 0 Å². The number of aromatic nitrogens is 4. The van der Waals surface area contributed by atoms with Gasteiger partial charge in [0.1, 0.15) is 23.8 Å². The maximum Gasteiger partial charge on any atom is 0.272 e. The minimum Gasteiger partial charge on any atom is -0.482 e. The van der Waals surface area contributed by atoms with Gasteiger partial charge in [0.25, 0.3) is 12.3 Å². The van der Waals surface area contributed by atoms with E-state index in [-0.39, 0.29) is 36.3 Å². The van der Waals surface area contributed by atoms with E-state index in [0.29, 0.717) is 29.8 Å². The van der Waals surface area contributed by atoms with Crippen LogP contribution in [0.3, 0.4) is 0 Å². The summed E-state index contributed by atoms with van der Waals surface area (Å²) in [6, 6.07) is 3.95. The van der Waals surface area contributed by atoms with Crippen molar-refractivity contribution in [2.45, 2.75) is 43.9 Å². The summed E-state index contributed by atoms with van der Waals surface area (Å²) >= 11 is 0. The van der Waals surface area contributed by atoms with E-state index >= 15 is 0 Å². The molecule has 1 aliphatic carbocycles. The third-order valence-corrected chi connectivity index (χ3v) is 5.08. The number of hydrogen-bond donors (Lipinski definition) is 0. The zero-order chi connectivity index (χ0) is 22.2. The summed E-state index contributed by atoms with van der Waals surface area (Å²) < 4.78 is 78.1. The van der Waals surface area contributed by atoms with Crippen LogP contribution in [0.1, 0.15) is 37.4 Å². The molecular weight excluding hydrogens is 423 g/mol. The van der Waals surface area contributed by atoms with Gasteiger partial charge in [-0.3, -0.25) is 0 Å². The number of ether oxygens (including phenoxy) is 2. The topological polar surface area (TPSA) is 62.1 Å². The standard InChI is InChI=1S/C20H19F5N4O2/c1-29-17(11-3-2-6-20(24,25)8-11)27-13-4-5-16(28-18(13)29)31-19-14(30-10-15(22)23)7-12(21)9-26-19/h4-5,7,9,11,15H,2-3,6,8,10H2,1H3. The molecule has 0 bridgehead atoms. The third-order valence-electron chi connectivity index (χ3n) is 5.08. The Kier molecular flexibility index (Phi) is 5.67. The van der Waals surface area contributed by atoms with Gasteiger partial charge in [0.2, 0.25) is 11.8 Å². The molecule has 3 aromatic heterocycles. The van der Waals surface area contributed by atoms with Gasteiger partial charge < -0.3 is 14.0 Å². The summed E-state index contributed by atoms with van der Waals surface area (Å²) in [5.41, 5.74) is 0.901. The van der Waals surface area contributed by atoms with E-state index in [1.165, 1.54) is 6.07 Å². The third kappa shape index (κ3) is 4.70. The number of pyridine rings is 2. The first kappa shape index (κ1) is 21.3. The van der Waals surface area contributed by atoms with Crippen LogP contribution in [-0.2, 0) is 7.05 Å². The normalized spacial score (nSPS) is 18.5. The van der Waals surface area contributed by atoms with E-state index in [4.69, 9.17) is 9.47 Å². The molecule has 3 aromatic rings. The lowest BCUT2D eigenvalue weighted by Crippen LogP contribution is -2.26. The fourth-order valence-corrected chi connectivity index (χ4v) is 3.72. The Morgan fingerprint density at radius 2 is 2.06 bits per heavy atom. The number of nitrogens with zero attached hydrogens (tertiary/aromatic N) is 4. The summed E-state index contributed by atoms with van der Waals surface area (Å²) in [6.45, 7) is -0.953. The predicted molar refractivity (Wildman–Crippen MR) is 100 cm³/mol. The van der Waals surface area contributed by atoms with E-state index < -0.39 is 24.8 Å². The lowest BCUT2D eigenvalue weighted by atomic mass is 9.86. The van der Waals surface area contributed by atoms with Crippen LogP contribution < -0.4 is 9.47 Å². The summed E-state index contributed by atoms with van der Waals surface area (Å²) in [6.07, 6.45) is -1.26. The first-order valence-electron chi connectivity index (χ1n) is 9.67. The fourth-order valence-electron chi connectivity index (χ4n) is 3.72. The van der Waals surface area contributed by atoms with Crippen LogP contribution >= 0.6 is 0 Å². The number of imidazole rings is 1. The molecular formula is C20H19F5N4O2. The molecule has 0 aromatic carbocycles. The van der Waals surface area contributed by atoms with Crippen molar-refractivity contribution < 1.29 is 31.4 Å². The van der Waals surface area contributed by atoms with E-state index in [2.05, 4.69) is 15.0 Å². The first-order valence-corrected chi connectivity index (χ1v) is 9.67. The van der Waals surface area contributed by atoms with Crippen molar-refractivity contribution in [2.75, 3.05) is 6.61 Å². The van der Waals surface area contributed by atoms with Crippen LogP contribution in [0.2, 0.25) is 0 Å². The molecule has 166 valence electrons. The van der Waals surface area contributed by atoms with E-state index in [1.54, 1.807) is 17.7 Å². The van der Waals surface area contributed by atoms with Crippen LogP contribution in [-0.4, -0.2) is 38.5 Å². The molecule has 31 heavy (non-hydrogen) atoms. The highest BCUT2D eigenvalue weighted by Crippen LogP contribution is 2.42. The second kappa shape index (κ2) is 8.27. The van der Waals surface area contributed by atoms with Crippen LogP contribution in [0.25, 0.3) is 11.2 Å². The van der Waals surface area contributed by atoms with Gasteiger partial charge >= 0.3 is 0 Å². The van der Waals surface area contributed by atoms with Crippen molar-refractivity contribution >= 4 is 11.2 Å². The summed E-state index contributed by atoms with van der Waals surface area (Å²) in [4.78, 5) is 12.5. The van der Waals surface area contributed by atoms with E-state index in [0.717, 1.165) is 12.3 Å². The molecule has 0 saturated heterocycles. The van der Waals surface area contributed by atoms with Crippen molar-refractivity contribution in [3.8, 4) is 17.5 Å². The molecule has 0 spiro atoms. The Morgan fingerprint density at radius 1 is 1.26 bits per heavy atom. The second-order valence-electron chi connectivity index (χ2n) is 7.43. The summed E-state index contributed by atoms with van der Waals surface area (Å²) in [7, 11) is 1.68. The van der Waals surface area contributed by atoms with Gasteiger partial charge in [0.05, 0.1) is 6.20 Å². The molecule has 1 saturated carbocycles. The molecule has 4 rings (SSSR count). The maximum absolute atomic E-state index is 13.8. The fraction of sp³-hybridized carbons (Fsp3) is 0.450. The smallest absolute Gasteiger partial charge is 0.272 e. The lowest BCUT2D eigenvalue weighted by Gasteiger charge is -2.28. The number of halogens is 5. The van der Waals surface area contributed by atoms with Gasteiger partial charge in [-0.15, -0.1) is 0 Å². The molecule has 11 heteroatoms. The van der Waals surface area contributed by atoms with Crippen molar-refractivity contribution in [1.29, 1.82) is 0 Å². The number of fused-ring (bicyclic) bond motifs is 1. The zero-order valence-corrected chi connectivity index (χ0v) is 16.5. The molecule has 0 N–H and O–H groups in total. The number of alkyl halides is 4. The van der Waals surface area contributed by atoms with Crippen LogP contribution in [0.15, 0.2) is 24.4 Å². The monoisotopic (exact) mass is 442 g/mol. The molecule has 6 nitrogen and oxygen atoms in total. The number of aryl methyl sites for hydroxylation is 1. The molecule has 1 fully saturated rings. The first-order chi connectivity index (χ1) is 14.7. The van der Waals surface area contributed by atoms with Gasteiger partial charge in [-0.25, -0.2) is 31.9 Å². The van der Waals surface area contributed by atoms with Crippen molar-refractivity contribution in [2.24, 2.45) is 7.05 Å². The molecule has 1 atom stereocenters. The minimum absolute atomic E-state index is 0.0389. The van der Waals surface area contributed by atoms with E-state index in [9.17, 15) is 22.0 Å². The van der Waals surface area contributed by atoms with Gasteiger partial charge in [0.15, 0.2) is 11.4 Å². The van der Waals surface area contributed by atoms with Crippen molar-refractivity contribution in [3.05, 3.63) is 36.0 Å². The molecule has 1 aliphatic rings. The largest absolute Gasteiger partial charge is 0.482 e. The lowest BCUT2D eigenvalue weighted by molar-refractivity contribution is -0.0419. The van der Waals surface area contributed by atoms with Crippen LogP contribution in [0.5, 0.6) is 17.5 Å². The SMILES string of the molecule is Cn1c(C2CCCC(F)(F)C2)nc2ccc(Oc3ncc(F)cc3OCC(F)F)nc21. The van der Waals surface area contributed by atoms with Gasteiger partial charge in [-0.05, 0) is 18.9 Å². The van der Waals surface area contributed by atoms with Crippen molar-refractivity contribution in [1.82, 2.24) is 19.5 Å². The number of hydrogen-bond acceptors (Lipinski definition) is 5. The highest BCUT2D eigenvalue weighted by atomic mass is 19.3. The number of rotatable bonds is 6. The Hall–Kier alpha value is -2.98. The second-order valence-corrected chi connectivity index (χ2v) is 7.43. The average Bonchev–Trinajstić information content (AvgIpc) is 3.03. The highest BCUT2D eigenvalue weighted by molar-refractivity contribution is 5.72. The Morgan fingerprint density at radius 3 is 2.81 bits per heavy atom. The quantitative estimate of drug-likeness (QED) is 0.489.